The van der Waals surface area contributed by atoms with Gasteiger partial charge in [-0.1, -0.05) is 32.4 Å². The number of H-pyrrole nitrogens is 1. The lowest BCUT2D eigenvalue weighted by Gasteiger charge is -2.34. The quantitative estimate of drug-likeness (QED) is 0.842. The van der Waals surface area contributed by atoms with Crippen LogP contribution in [0.1, 0.15) is 50.8 Å². The van der Waals surface area contributed by atoms with Gasteiger partial charge >= 0.3 is 0 Å². The molecule has 1 unspecified atom stereocenters. The molecular weight excluding hydrogens is 303 g/mol. The van der Waals surface area contributed by atoms with Gasteiger partial charge in [-0.3, -0.25) is 9.89 Å². The van der Waals surface area contributed by atoms with Gasteiger partial charge in [-0.2, -0.15) is 0 Å². The molecule has 2 atom stereocenters. The Morgan fingerprint density at radius 2 is 2.09 bits per heavy atom. The second kappa shape index (κ2) is 4.05. The average Bonchev–Trinajstić information content (AvgIpc) is 2.94. The summed E-state index contributed by atoms with van der Waals surface area (Å²) in [6.45, 7) is 6.71. The molecular formula is C17H18ClFN2O. The molecule has 1 heterocycles. The number of hydrogen-bond acceptors (Lipinski definition) is 1. The molecule has 2 bridgehead atoms. The number of aromatic amines is 1. The highest BCUT2D eigenvalue weighted by Crippen LogP contribution is 2.66. The summed E-state index contributed by atoms with van der Waals surface area (Å²) in [6.07, 6.45) is 2.12. The third kappa shape index (κ3) is 1.44. The highest BCUT2D eigenvalue weighted by molar-refractivity contribution is 6.32. The zero-order valence-electron chi connectivity index (χ0n) is 12.8. The third-order valence-electron chi connectivity index (χ3n) is 6.20. The molecule has 1 saturated carbocycles. The van der Waals surface area contributed by atoms with Crippen LogP contribution in [-0.2, 0) is 5.41 Å². The molecule has 5 heteroatoms. The van der Waals surface area contributed by atoms with Crippen molar-refractivity contribution in [2.24, 2.45) is 5.41 Å². The molecule has 1 fully saturated rings. The van der Waals surface area contributed by atoms with Crippen LogP contribution in [0.2, 0.25) is 5.02 Å². The number of fused-ring (bicyclic) bond motifs is 5. The minimum Gasteiger partial charge on any atom is -0.294 e. The van der Waals surface area contributed by atoms with Crippen molar-refractivity contribution in [3.63, 3.8) is 0 Å². The largest absolute Gasteiger partial charge is 0.294 e. The lowest BCUT2D eigenvalue weighted by Crippen LogP contribution is -2.33. The van der Waals surface area contributed by atoms with Crippen molar-refractivity contribution < 1.29 is 4.39 Å². The SMILES string of the molecule is CC1(C)C2CC[C@]1(C)c1[nH]n(-c3ccc(F)cc3Cl)c(=O)c12. The van der Waals surface area contributed by atoms with Crippen molar-refractivity contribution >= 4 is 11.6 Å². The summed E-state index contributed by atoms with van der Waals surface area (Å²) in [6, 6.07) is 4.09. The van der Waals surface area contributed by atoms with Gasteiger partial charge in [-0.25, -0.2) is 9.07 Å². The van der Waals surface area contributed by atoms with Crippen LogP contribution in [0, 0.1) is 11.2 Å². The molecule has 1 aromatic heterocycles. The smallest absolute Gasteiger partial charge is 0.275 e. The van der Waals surface area contributed by atoms with Crippen LogP contribution in [0.4, 0.5) is 4.39 Å². The molecule has 0 amide bonds. The second-order valence-electron chi connectivity index (χ2n) is 7.28. The molecule has 116 valence electrons. The van der Waals surface area contributed by atoms with Gasteiger partial charge in [0.05, 0.1) is 10.7 Å². The minimum atomic E-state index is -0.408. The summed E-state index contributed by atoms with van der Waals surface area (Å²) in [5, 5.41) is 3.50. The van der Waals surface area contributed by atoms with Gasteiger partial charge in [-0.15, -0.1) is 0 Å². The fourth-order valence-electron chi connectivity index (χ4n) is 4.48. The van der Waals surface area contributed by atoms with Crippen LogP contribution in [0.15, 0.2) is 23.0 Å². The van der Waals surface area contributed by atoms with E-state index in [9.17, 15) is 9.18 Å². The van der Waals surface area contributed by atoms with Crippen molar-refractivity contribution in [3.05, 3.63) is 50.7 Å². The van der Waals surface area contributed by atoms with Gasteiger partial charge in [-0.05, 0) is 42.4 Å². The monoisotopic (exact) mass is 320 g/mol. The van der Waals surface area contributed by atoms with Gasteiger partial charge < -0.3 is 0 Å². The molecule has 1 N–H and O–H groups in total. The molecule has 4 rings (SSSR count). The van der Waals surface area contributed by atoms with E-state index in [-0.39, 0.29) is 27.3 Å². The first-order valence-electron chi connectivity index (χ1n) is 7.58. The zero-order chi connectivity index (χ0) is 15.9. The Bertz CT molecular complexity index is 851. The van der Waals surface area contributed by atoms with Gasteiger partial charge in [0.2, 0.25) is 0 Å². The predicted octanol–water partition coefficient (Wildman–Crippen LogP) is 4.13. The van der Waals surface area contributed by atoms with E-state index in [0.717, 1.165) is 24.1 Å². The van der Waals surface area contributed by atoms with E-state index in [4.69, 9.17) is 11.6 Å². The maximum atomic E-state index is 13.2. The van der Waals surface area contributed by atoms with E-state index >= 15 is 0 Å². The number of hydrogen-bond donors (Lipinski definition) is 1. The van der Waals surface area contributed by atoms with E-state index in [1.807, 2.05) is 0 Å². The predicted molar refractivity (Wildman–Crippen MR) is 84.5 cm³/mol. The Kier molecular flexibility index (Phi) is 2.59. The van der Waals surface area contributed by atoms with Crippen molar-refractivity contribution in [1.82, 2.24) is 9.78 Å². The summed E-state index contributed by atoms with van der Waals surface area (Å²) in [5.41, 5.74) is 2.43. The average molecular weight is 321 g/mol. The molecule has 3 nitrogen and oxygen atoms in total. The number of halogens is 2. The molecule has 1 aromatic carbocycles. The Morgan fingerprint density at radius 3 is 2.73 bits per heavy atom. The van der Waals surface area contributed by atoms with E-state index in [1.54, 1.807) is 6.07 Å². The van der Waals surface area contributed by atoms with Crippen molar-refractivity contribution in [3.8, 4) is 5.69 Å². The van der Waals surface area contributed by atoms with Gasteiger partial charge in [0, 0.05) is 16.7 Å². The van der Waals surface area contributed by atoms with Crippen molar-refractivity contribution in [1.29, 1.82) is 0 Å². The topological polar surface area (TPSA) is 37.8 Å². The third-order valence-corrected chi connectivity index (χ3v) is 6.51. The summed E-state index contributed by atoms with van der Waals surface area (Å²) in [7, 11) is 0. The fraction of sp³-hybridized carbons (Fsp3) is 0.471. The number of rotatable bonds is 1. The van der Waals surface area contributed by atoms with Crippen molar-refractivity contribution in [2.45, 2.75) is 44.9 Å². The maximum absolute atomic E-state index is 13.2. The fourth-order valence-corrected chi connectivity index (χ4v) is 4.73. The molecule has 22 heavy (non-hydrogen) atoms. The van der Waals surface area contributed by atoms with E-state index < -0.39 is 5.82 Å². The van der Waals surface area contributed by atoms with Crippen LogP contribution < -0.4 is 5.56 Å². The minimum absolute atomic E-state index is 0.0239. The Hall–Kier alpha value is -1.55. The first kappa shape index (κ1) is 14.1. The number of aromatic nitrogens is 2. The Balaban J connectivity index is 1.96. The number of nitrogens with one attached hydrogen (secondary N) is 1. The lowest BCUT2D eigenvalue weighted by atomic mass is 9.70. The molecule has 0 spiro atoms. The summed E-state index contributed by atoms with van der Waals surface area (Å²) < 4.78 is 14.7. The van der Waals surface area contributed by atoms with Crippen LogP contribution >= 0.6 is 11.6 Å². The van der Waals surface area contributed by atoms with E-state index in [1.165, 1.54) is 16.8 Å². The Morgan fingerprint density at radius 1 is 1.36 bits per heavy atom. The Labute approximate surface area is 133 Å². The molecule has 2 aromatic rings. The summed E-state index contributed by atoms with van der Waals surface area (Å²) in [4.78, 5) is 12.9. The van der Waals surface area contributed by atoms with Gasteiger partial charge in [0.15, 0.2) is 0 Å². The molecule has 2 aliphatic rings. The van der Waals surface area contributed by atoms with Crippen LogP contribution in [0.5, 0.6) is 0 Å². The lowest BCUT2D eigenvalue weighted by molar-refractivity contribution is 0.224. The standard InChI is InChI=1S/C17H18ClFN2O/c1-16(2)10-6-7-17(16,3)14-13(10)15(22)21(20-14)12-5-4-9(19)8-11(12)18/h4-5,8,10,20H,6-7H2,1-3H3/t10?,17-/m1/s1. The van der Waals surface area contributed by atoms with Crippen LogP contribution in [-0.4, -0.2) is 9.78 Å². The molecule has 0 radical (unpaired) electrons. The zero-order valence-corrected chi connectivity index (χ0v) is 13.6. The van der Waals surface area contributed by atoms with Gasteiger partial charge in [0.25, 0.3) is 5.56 Å². The maximum Gasteiger partial charge on any atom is 0.275 e. The van der Waals surface area contributed by atoms with Crippen molar-refractivity contribution in [2.75, 3.05) is 0 Å². The van der Waals surface area contributed by atoms with Gasteiger partial charge in [0.1, 0.15) is 5.82 Å². The molecule has 0 saturated heterocycles. The number of nitrogens with zero attached hydrogens (tertiary/aromatic N) is 1. The van der Waals surface area contributed by atoms with E-state index in [2.05, 4.69) is 25.9 Å². The molecule has 2 aliphatic carbocycles. The number of benzene rings is 1. The normalized spacial score (nSPS) is 28.1. The highest BCUT2D eigenvalue weighted by Gasteiger charge is 2.61. The summed E-state index contributed by atoms with van der Waals surface area (Å²) >= 11 is 6.12. The van der Waals surface area contributed by atoms with E-state index in [0.29, 0.717) is 5.69 Å². The first-order valence-corrected chi connectivity index (χ1v) is 7.96. The highest BCUT2D eigenvalue weighted by atomic mass is 35.5. The molecule has 0 aliphatic heterocycles. The second-order valence-corrected chi connectivity index (χ2v) is 7.69. The summed E-state index contributed by atoms with van der Waals surface area (Å²) in [5.74, 6) is -0.134. The first-order chi connectivity index (χ1) is 10.3. The van der Waals surface area contributed by atoms with Crippen LogP contribution in [0.3, 0.4) is 0 Å². The van der Waals surface area contributed by atoms with Crippen LogP contribution in [0.25, 0.3) is 5.69 Å².